The van der Waals surface area contributed by atoms with E-state index in [1.165, 1.54) is 5.69 Å². The van der Waals surface area contributed by atoms with Crippen molar-refractivity contribution in [3.05, 3.63) is 17.7 Å². The first kappa shape index (κ1) is 10.3. The summed E-state index contributed by atoms with van der Waals surface area (Å²) in [6.07, 6.45) is 1.92. The van der Waals surface area contributed by atoms with Gasteiger partial charge in [0.05, 0.1) is 12.0 Å². The molecular weight excluding hydrogens is 162 g/mol. The van der Waals surface area contributed by atoms with Gasteiger partial charge in [-0.05, 0) is 27.3 Å². The molecule has 1 unspecified atom stereocenters. The fourth-order valence-corrected chi connectivity index (χ4v) is 1.44. The molecular formula is C10H19N3. The van der Waals surface area contributed by atoms with Gasteiger partial charge < -0.3 is 9.88 Å². The van der Waals surface area contributed by atoms with Crippen molar-refractivity contribution >= 4 is 0 Å². The summed E-state index contributed by atoms with van der Waals surface area (Å²) in [4.78, 5) is 4.26. The third kappa shape index (κ3) is 2.56. The molecule has 0 bridgehead atoms. The summed E-state index contributed by atoms with van der Waals surface area (Å²) < 4.78 is 2.20. The van der Waals surface area contributed by atoms with E-state index in [1.807, 2.05) is 13.3 Å². The van der Waals surface area contributed by atoms with Crippen molar-refractivity contribution in [1.82, 2.24) is 14.9 Å². The second-order valence-corrected chi connectivity index (χ2v) is 3.53. The van der Waals surface area contributed by atoms with Crippen LogP contribution in [-0.2, 0) is 6.54 Å². The van der Waals surface area contributed by atoms with Crippen LogP contribution in [0.2, 0.25) is 0 Å². The lowest BCUT2D eigenvalue weighted by Crippen LogP contribution is -2.30. The van der Waals surface area contributed by atoms with E-state index < -0.39 is 0 Å². The molecule has 0 amide bonds. The summed E-state index contributed by atoms with van der Waals surface area (Å²) in [5.41, 5.74) is 2.40. The molecule has 1 rings (SSSR count). The molecule has 0 aliphatic carbocycles. The van der Waals surface area contributed by atoms with E-state index in [1.54, 1.807) is 0 Å². The van der Waals surface area contributed by atoms with Crippen LogP contribution in [-0.4, -0.2) is 22.1 Å². The van der Waals surface area contributed by atoms with Crippen LogP contribution in [0.3, 0.4) is 0 Å². The van der Waals surface area contributed by atoms with Gasteiger partial charge in [0.15, 0.2) is 0 Å². The maximum atomic E-state index is 4.26. The number of aromatic nitrogens is 2. The smallest absolute Gasteiger partial charge is 0.0951 e. The van der Waals surface area contributed by atoms with Gasteiger partial charge >= 0.3 is 0 Å². The summed E-state index contributed by atoms with van der Waals surface area (Å²) >= 11 is 0. The van der Waals surface area contributed by atoms with Crippen molar-refractivity contribution < 1.29 is 0 Å². The Labute approximate surface area is 80.2 Å². The van der Waals surface area contributed by atoms with Gasteiger partial charge in [-0.2, -0.15) is 0 Å². The van der Waals surface area contributed by atoms with Crippen molar-refractivity contribution in [2.75, 3.05) is 6.54 Å². The molecule has 0 spiro atoms. The van der Waals surface area contributed by atoms with Crippen LogP contribution in [0.4, 0.5) is 0 Å². The number of hydrogen-bond acceptors (Lipinski definition) is 2. The van der Waals surface area contributed by atoms with Gasteiger partial charge in [0.25, 0.3) is 0 Å². The maximum absolute atomic E-state index is 4.26. The summed E-state index contributed by atoms with van der Waals surface area (Å²) in [5, 5.41) is 3.38. The Balaban J connectivity index is 2.58. The van der Waals surface area contributed by atoms with Gasteiger partial charge in [-0.25, -0.2) is 4.98 Å². The van der Waals surface area contributed by atoms with Gasteiger partial charge in [-0.15, -0.1) is 0 Å². The van der Waals surface area contributed by atoms with Crippen LogP contribution >= 0.6 is 0 Å². The van der Waals surface area contributed by atoms with Crippen LogP contribution in [0.5, 0.6) is 0 Å². The molecule has 1 N–H and O–H groups in total. The Hall–Kier alpha value is -0.830. The summed E-state index contributed by atoms with van der Waals surface area (Å²) in [7, 11) is 0. The van der Waals surface area contributed by atoms with E-state index in [0.717, 1.165) is 18.8 Å². The molecule has 0 aliphatic heterocycles. The lowest BCUT2D eigenvalue weighted by molar-refractivity contribution is 0.484. The topological polar surface area (TPSA) is 29.9 Å². The highest BCUT2D eigenvalue weighted by molar-refractivity contribution is 5.08. The Morgan fingerprint density at radius 2 is 2.23 bits per heavy atom. The molecule has 0 aliphatic rings. The average molecular weight is 181 g/mol. The standard InChI is InChI=1S/C10H19N3/c1-5-11-8(2)6-13-7-12-9(3)10(13)4/h7-8,11H,5-6H2,1-4H3. The van der Waals surface area contributed by atoms with Crippen molar-refractivity contribution in [1.29, 1.82) is 0 Å². The molecule has 13 heavy (non-hydrogen) atoms. The third-order valence-electron chi connectivity index (χ3n) is 2.37. The second kappa shape index (κ2) is 4.42. The fourth-order valence-electron chi connectivity index (χ4n) is 1.44. The van der Waals surface area contributed by atoms with Gasteiger partial charge in [0.1, 0.15) is 0 Å². The van der Waals surface area contributed by atoms with Crippen LogP contribution in [0.15, 0.2) is 6.33 Å². The van der Waals surface area contributed by atoms with Crippen LogP contribution in [0.25, 0.3) is 0 Å². The van der Waals surface area contributed by atoms with E-state index in [-0.39, 0.29) is 0 Å². The Kier molecular flexibility index (Phi) is 3.48. The fraction of sp³-hybridized carbons (Fsp3) is 0.700. The zero-order valence-electron chi connectivity index (χ0n) is 8.96. The molecule has 0 saturated carbocycles. The number of rotatable bonds is 4. The number of nitrogens with one attached hydrogen (secondary N) is 1. The number of likely N-dealkylation sites (N-methyl/N-ethyl adjacent to an activating group) is 1. The van der Waals surface area contributed by atoms with E-state index in [9.17, 15) is 0 Å². The lowest BCUT2D eigenvalue weighted by Gasteiger charge is -2.13. The molecule has 0 radical (unpaired) electrons. The van der Waals surface area contributed by atoms with Crippen molar-refractivity contribution in [2.24, 2.45) is 0 Å². The highest BCUT2D eigenvalue weighted by Gasteiger charge is 2.05. The summed E-state index contributed by atoms with van der Waals surface area (Å²) in [6, 6.07) is 0.511. The van der Waals surface area contributed by atoms with Crippen molar-refractivity contribution in [2.45, 2.75) is 40.3 Å². The molecule has 0 fully saturated rings. The minimum atomic E-state index is 0.511. The molecule has 3 heteroatoms. The van der Waals surface area contributed by atoms with Gasteiger partial charge in [0, 0.05) is 18.3 Å². The monoisotopic (exact) mass is 181 g/mol. The normalized spacial score (nSPS) is 13.2. The first-order chi connectivity index (χ1) is 6.15. The quantitative estimate of drug-likeness (QED) is 0.763. The van der Waals surface area contributed by atoms with E-state index in [2.05, 4.69) is 35.6 Å². The molecule has 1 atom stereocenters. The predicted octanol–water partition coefficient (Wildman–Crippen LogP) is 1.50. The SMILES string of the molecule is CCNC(C)Cn1cnc(C)c1C. The predicted molar refractivity (Wildman–Crippen MR) is 54.8 cm³/mol. The largest absolute Gasteiger partial charge is 0.333 e. The second-order valence-electron chi connectivity index (χ2n) is 3.53. The number of nitrogens with zero attached hydrogens (tertiary/aromatic N) is 2. The van der Waals surface area contributed by atoms with Crippen LogP contribution < -0.4 is 5.32 Å². The number of hydrogen-bond donors (Lipinski definition) is 1. The molecule has 0 aromatic carbocycles. The molecule has 1 heterocycles. The van der Waals surface area contributed by atoms with Gasteiger partial charge in [-0.1, -0.05) is 6.92 Å². The van der Waals surface area contributed by atoms with Crippen LogP contribution in [0, 0.1) is 13.8 Å². The first-order valence-electron chi connectivity index (χ1n) is 4.86. The van der Waals surface area contributed by atoms with Gasteiger partial charge in [-0.3, -0.25) is 0 Å². The first-order valence-corrected chi connectivity index (χ1v) is 4.86. The lowest BCUT2D eigenvalue weighted by atomic mass is 10.3. The van der Waals surface area contributed by atoms with Crippen LogP contribution in [0.1, 0.15) is 25.2 Å². The van der Waals surface area contributed by atoms with Crippen molar-refractivity contribution in [3.8, 4) is 0 Å². The van der Waals surface area contributed by atoms with E-state index >= 15 is 0 Å². The molecule has 74 valence electrons. The maximum Gasteiger partial charge on any atom is 0.0951 e. The van der Waals surface area contributed by atoms with E-state index in [4.69, 9.17) is 0 Å². The van der Waals surface area contributed by atoms with E-state index in [0.29, 0.717) is 6.04 Å². The minimum absolute atomic E-state index is 0.511. The highest BCUT2D eigenvalue weighted by Crippen LogP contribution is 2.04. The Bertz CT molecular complexity index is 265. The zero-order valence-corrected chi connectivity index (χ0v) is 8.96. The summed E-state index contributed by atoms with van der Waals surface area (Å²) in [6.45, 7) is 10.5. The van der Waals surface area contributed by atoms with Gasteiger partial charge in [0.2, 0.25) is 0 Å². The average Bonchev–Trinajstić information content (AvgIpc) is 2.37. The zero-order chi connectivity index (χ0) is 9.84. The number of aryl methyl sites for hydroxylation is 1. The molecule has 1 aromatic heterocycles. The minimum Gasteiger partial charge on any atom is -0.333 e. The third-order valence-corrected chi connectivity index (χ3v) is 2.37. The Morgan fingerprint density at radius 3 is 2.69 bits per heavy atom. The number of imidazole rings is 1. The molecule has 0 saturated heterocycles. The molecule has 1 aromatic rings. The molecule has 3 nitrogen and oxygen atoms in total. The Morgan fingerprint density at radius 1 is 1.54 bits per heavy atom. The highest BCUT2D eigenvalue weighted by atomic mass is 15.1. The van der Waals surface area contributed by atoms with Crippen molar-refractivity contribution in [3.63, 3.8) is 0 Å². The summed E-state index contributed by atoms with van der Waals surface area (Å²) in [5.74, 6) is 0.